The van der Waals surface area contributed by atoms with Crippen LogP contribution in [-0.2, 0) is 4.74 Å². The van der Waals surface area contributed by atoms with E-state index in [1.165, 1.54) is 7.11 Å². The highest BCUT2D eigenvalue weighted by Gasteiger charge is 2.05. The molecule has 19 heavy (non-hydrogen) atoms. The topological polar surface area (TPSA) is 43.4 Å². The molecule has 0 aliphatic rings. The van der Waals surface area contributed by atoms with Gasteiger partial charge in [-0.15, -0.1) is 0 Å². The summed E-state index contributed by atoms with van der Waals surface area (Å²) in [7, 11) is 1.36. The molecule has 0 bridgehead atoms. The van der Waals surface area contributed by atoms with E-state index in [4.69, 9.17) is 0 Å². The number of hydrogen-bond donors (Lipinski definition) is 0. The van der Waals surface area contributed by atoms with E-state index in [2.05, 4.69) is 4.74 Å². The summed E-state index contributed by atoms with van der Waals surface area (Å²) in [4.78, 5) is 22.5. The van der Waals surface area contributed by atoms with E-state index in [9.17, 15) is 9.59 Å². The third-order valence-electron chi connectivity index (χ3n) is 2.93. The normalized spacial score (nSPS) is 10.0. The molecule has 0 saturated carbocycles. The molecule has 0 spiro atoms. The first-order valence-corrected chi connectivity index (χ1v) is 5.91. The number of Topliss-reactive ketones (excluding diaryl/α,β-unsaturated/α-hetero) is 1. The highest BCUT2D eigenvalue weighted by Crippen LogP contribution is 2.20. The van der Waals surface area contributed by atoms with Crippen molar-refractivity contribution in [3.8, 4) is 11.1 Å². The van der Waals surface area contributed by atoms with Crippen molar-refractivity contribution in [3.05, 3.63) is 59.7 Å². The van der Waals surface area contributed by atoms with Crippen LogP contribution in [0.2, 0.25) is 0 Å². The molecular weight excluding hydrogens is 240 g/mol. The van der Waals surface area contributed by atoms with E-state index in [1.54, 1.807) is 31.2 Å². The van der Waals surface area contributed by atoms with Gasteiger partial charge >= 0.3 is 5.97 Å². The Hall–Kier alpha value is -2.42. The molecule has 0 fully saturated rings. The summed E-state index contributed by atoms with van der Waals surface area (Å²) in [5.41, 5.74) is 3.20. The second-order valence-electron chi connectivity index (χ2n) is 4.20. The second-order valence-corrected chi connectivity index (χ2v) is 4.20. The number of carbonyl (C=O) groups is 2. The highest BCUT2D eigenvalue weighted by molar-refractivity contribution is 5.94. The molecule has 0 atom stereocenters. The first kappa shape index (κ1) is 13.0. The van der Waals surface area contributed by atoms with Crippen molar-refractivity contribution >= 4 is 11.8 Å². The van der Waals surface area contributed by atoms with Crippen molar-refractivity contribution in [1.82, 2.24) is 0 Å². The maximum Gasteiger partial charge on any atom is 0.337 e. The van der Waals surface area contributed by atoms with Crippen LogP contribution in [0.1, 0.15) is 27.6 Å². The van der Waals surface area contributed by atoms with Gasteiger partial charge in [-0.3, -0.25) is 4.79 Å². The minimum absolute atomic E-state index is 0.0487. The van der Waals surface area contributed by atoms with Crippen LogP contribution in [0.4, 0.5) is 0 Å². The first-order valence-electron chi connectivity index (χ1n) is 5.91. The molecule has 2 aromatic carbocycles. The number of carbonyl (C=O) groups excluding carboxylic acids is 2. The number of methoxy groups -OCH3 is 1. The van der Waals surface area contributed by atoms with Crippen molar-refractivity contribution in [3.63, 3.8) is 0 Å². The summed E-state index contributed by atoms with van der Waals surface area (Å²) < 4.78 is 4.65. The largest absolute Gasteiger partial charge is 0.465 e. The van der Waals surface area contributed by atoms with Gasteiger partial charge in [0.25, 0.3) is 0 Å². The monoisotopic (exact) mass is 254 g/mol. The molecule has 2 aromatic rings. The highest BCUT2D eigenvalue weighted by atomic mass is 16.5. The van der Waals surface area contributed by atoms with E-state index in [1.807, 2.05) is 24.3 Å². The Kier molecular flexibility index (Phi) is 3.76. The number of ether oxygens (including phenoxy) is 1. The van der Waals surface area contributed by atoms with Crippen molar-refractivity contribution in [2.75, 3.05) is 7.11 Å². The van der Waals surface area contributed by atoms with Crippen molar-refractivity contribution < 1.29 is 14.3 Å². The fraction of sp³-hybridized carbons (Fsp3) is 0.125. The summed E-state index contributed by atoms with van der Waals surface area (Å²) in [5.74, 6) is -0.300. The SMILES string of the molecule is COC(=O)c1ccc(-c2ccc(C(C)=O)cc2)cc1. The number of ketones is 1. The summed E-state index contributed by atoms with van der Waals surface area (Å²) in [5, 5.41) is 0. The second kappa shape index (κ2) is 5.48. The van der Waals surface area contributed by atoms with Gasteiger partial charge in [-0.25, -0.2) is 4.79 Å². The quantitative estimate of drug-likeness (QED) is 0.623. The van der Waals surface area contributed by atoms with E-state index in [0.717, 1.165) is 11.1 Å². The Bertz CT molecular complexity index is 595. The van der Waals surface area contributed by atoms with Gasteiger partial charge in [0, 0.05) is 5.56 Å². The number of benzene rings is 2. The van der Waals surface area contributed by atoms with E-state index >= 15 is 0 Å². The maximum atomic E-state index is 11.3. The van der Waals surface area contributed by atoms with E-state index in [0.29, 0.717) is 11.1 Å². The lowest BCUT2D eigenvalue weighted by atomic mass is 10.0. The number of rotatable bonds is 3. The average molecular weight is 254 g/mol. The van der Waals surface area contributed by atoms with Gasteiger partial charge in [0.15, 0.2) is 5.78 Å². The van der Waals surface area contributed by atoms with Crippen LogP contribution in [-0.4, -0.2) is 18.9 Å². The predicted octanol–water partition coefficient (Wildman–Crippen LogP) is 3.34. The molecule has 0 radical (unpaired) electrons. The molecule has 0 aliphatic heterocycles. The molecule has 3 nitrogen and oxygen atoms in total. The Morgan fingerprint density at radius 1 is 0.789 bits per heavy atom. The van der Waals surface area contributed by atoms with Crippen LogP contribution in [0.25, 0.3) is 11.1 Å². The Morgan fingerprint density at radius 3 is 1.58 bits per heavy atom. The van der Waals surface area contributed by atoms with Gasteiger partial charge in [-0.05, 0) is 30.2 Å². The van der Waals surface area contributed by atoms with Crippen LogP contribution >= 0.6 is 0 Å². The van der Waals surface area contributed by atoms with E-state index in [-0.39, 0.29) is 11.8 Å². The minimum Gasteiger partial charge on any atom is -0.465 e. The average Bonchev–Trinajstić information content (AvgIpc) is 2.46. The Labute approximate surface area is 111 Å². The minimum atomic E-state index is -0.349. The molecule has 0 amide bonds. The van der Waals surface area contributed by atoms with Crippen LogP contribution in [0.15, 0.2) is 48.5 Å². The Morgan fingerprint density at radius 2 is 1.21 bits per heavy atom. The number of hydrogen-bond acceptors (Lipinski definition) is 3. The summed E-state index contributed by atoms with van der Waals surface area (Å²) in [6, 6.07) is 14.5. The van der Waals surface area contributed by atoms with Crippen LogP contribution in [0.5, 0.6) is 0 Å². The third-order valence-corrected chi connectivity index (χ3v) is 2.93. The zero-order chi connectivity index (χ0) is 13.8. The standard InChI is InChI=1S/C16H14O3/c1-11(17)12-3-5-13(6-4-12)14-7-9-15(10-8-14)16(18)19-2/h3-10H,1-2H3. The van der Waals surface area contributed by atoms with Crippen LogP contribution < -0.4 is 0 Å². The molecule has 0 heterocycles. The molecule has 0 N–H and O–H groups in total. The fourth-order valence-corrected chi connectivity index (χ4v) is 1.81. The molecule has 3 heteroatoms. The molecular formula is C16H14O3. The summed E-state index contributed by atoms with van der Waals surface area (Å²) >= 11 is 0. The van der Waals surface area contributed by atoms with Gasteiger partial charge in [-0.1, -0.05) is 36.4 Å². The molecule has 0 aromatic heterocycles. The Balaban J connectivity index is 2.27. The lowest BCUT2D eigenvalue weighted by Gasteiger charge is -2.04. The lowest BCUT2D eigenvalue weighted by molar-refractivity contribution is 0.0600. The van der Waals surface area contributed by atoms with Gasteiger partial charge in [0.1, 0.15) is 0 Å². The van der Waals surface area contributed by atoms with Crippen molar-refractivity contribution in [2.24, 2.45) is 0 Å². The zero-order valence-electron chi connectivity index (χ0n) is 10.8. The number of esters is 1. The smallest absolute Gasteiger partial charge is 0.337 e. The molecule has 0 unspecified atom stereocenters. The van der Waals surface area contributed by atoms with Crippen molar-refractivity contribution in [1.29, 1.82) is 0 Å². The van der Waals surface area contributed by atoms with Gasteiger partial charge in [0.2, 0.25) is 0 Å². The van der Waals surface area contributed by atoms with Crippen LogP contribution in [0.3, 0.4) is 0 Å². The lowest BCUT2D eigenvalue weighted by Crippen LogP contribution is -2.00. The van der Waals surface area contributed by atoms with Gasteiger partial charge in [0.05, 0.1) is 12.7 Å². The first-order chi connectivity index (χ1) is 9.11. The van der Waals surface area contributed by atoms with Crippen molar-refractivity contribution in [2.45, 2.75) is 6.92 Å². The van der Waals surface area contributed by atoms with Gasteiger partial charge < -0.3 is 4.74 Å². The zero-order valence-corrected chi connectivity index (χ0v) is 10.8. The molecule has 0 saturated heterocycles. The predicted molar refractivity (Wildman–Crippen MR) is 73.2 cm³/mol. The molecule has 0 aliphatic carbocycles. The summed E-state index contributed by atoms with van der Waals surface area (Å²) in [6.45, 7) is 1.54. The maximum absolute atomic E-state index is 11.3. The third kappa shape index (κ3) is 2.88. The van der Waals surface area contributed by atoms with Crippen LogP contribution in [0, 0.1) is 0 Å². The fourth-order valence-electron chi connectivity index (χ4n) is 1.81. The van der Waals surface area contributed by atoms with E-state index < -0.39 is 0 Å². The van der Waals surface area contributed by atoms with Gasteiger partial charge in [-0.2, -0.15) is 0 Å². The molecule has 2 rings (SSSR count). The summed E-state index contributed by atoms with van der Waals surface area (Å²) in [6.07, 6.45) is 0. The molecule has 96 valence electrons.